The zero-order valence-corrected chi connectivity index (χ0v) is 12.4. The van der Waals surface area contributed by atoms with E-state index in [1.807, 2.05) is 12.1 Å². The average Bonchev–Trinajstić information content (AvgIpc) is 2.40. The van der Waals surface area contributed by atoms with Gasteiger partial charge in [-0.1, -0.05) is 35.2 Å². The van der Waals surface area contributed by atoms with E-state index in [0.717, 1.165) is 22.1 Å². The summed E-state index contributed by atoms with van der Waals surface area (Å²) in [6.07, 6.45) is 6.67. The summed E-state index contributed by atoms with van der Waals surface area (Å²) in [7, 11) is 2.18. The third kappa shape index (κ3) is 3.34. The van der Waals surface area contributed by atoms with Gasteiger partial charge in [0.1, 0.15) is 0 Å². The maximum absolute atomic E-state index is 9.15. The monoisotopic (exact) mass is 306 g/mol. The van der Waals surface area contributed by atoms with Gasteiger partial charge >= 0.3 is 0 Å². The van der Waals surface area contributed by atoms with Crippen LogP contribution in [0.1, 0.15) is 43.2 Å². The highest BCUT2D eigenvalue weighted by atomic mass is 79.9. The summed E-state index contributed by atoms with van der Waals surface area (Å²) in [6, 6.07) is 8.87. The van der Waals surface area contributed by atoms with Gasteiger partial charge in [0.2, 0.25) is 0 Å². The second-order valence-corrected chi connectivity index (χ2v) is 6.04. The first-order chi connectivity index (χ1) is 8.70. The molecule has 0 atom stereocenters. The van der Waals surface area contributed by atoms with Crippen molar-refractivity contribution in [2.45, 2.75) is 44.7 Å². The Balaban J connectivity index is 2.08. The molecule has 2 rings (SSSR count). The van der Waals surface area contributed by atoms with Crippen LogP contribution in [0.3, 0.4) is 0 Å². The Morgan fingerprint density at radius 3 is 2.72 bits per heavy atom. The fourth-order valence-corrected chi connectivity index (χ4v) is 3.13. The van der Waals surface area contributed by atoms with Gasteiger partial charge in [-0.05, 0) is 43.7 Å². The first-order valence-electron chi connectivity index (χ1n) is 6.59. The molecule has 0 bridgehead atoms. The number of halogens is 1. The minimum Gasteiger partial charge on any atom is -0.299 e. The van der Waals surface area contributed by atoms with Gasteiger partial charge in [-0.25, -0.2) is 0 Å². The maximum Gasteiger partial charge on any atom is 0.0995 e. The molecule has 0 heterocycles. The molecule has 0 radical (unpaired) electrons. The molecule has 2 nitrogen and oxygen atoms in total. The van der Waals surface area contributed by atoms with Crippen LogP contribution in [0.15, 0.2) is 22.7 Å². The molecule has 0 N–H and O–H groups in total. The Bertz CT molecular complexity index is 444. The highest BCUT2D eigenvalue weighted by Crippen LogP contribution is 2.24. The van der Waals surface area contributed by atoms with E-state index in [0.29, 0.717) is 6.04 Å². The summed E-state index contributed by atoms with van der Waals surface area (Å²) in [6.45, 7) is 0.868. The molecule has 1 fully saturated rings. The summed E-state index contributed by atoms with van der Waals surface area (Å²) in [5.41, 5.74) is 1.92. The Morgan fingerprint density at radius 1 is 1.33 bits per heavy atom. The number of hydrogen-bond acceptors (Lipinski definition) is 2. The molecule has 0 unspecified atom stereocenters. The Labute approximate surface area is 118 Å². The number of nitriles is 1. The quantitative estimate of drug-likeness (QED) is 0.841. The Kier molecular flexibility index (Phi) is 4.79. The van der Waals surface area contributed by atoms with Gasteiger partial charge in [0.05, 0.1) is 11.6 Å². The van der Waals surface area contributed by atoms with Gasteiger partial charge in [0.25, 0.3) is 0 Å². The van der Waals surface area contributed by atoms with Crippen LogP contribution in [-0.4, -0.2) is 18.0 Å². The van der Waals surface area contributed by atoms with E-state index >= 15 is 0 Å². The van der Waals surface area contributed by atoms with E-state index < -0.39 is 0 Å². The topological polar surface area (TPSA) is 27.0 Å². The van der Waals surface area contributed by atoms with E-state index in [9.17, 15) is 0 Å². The summed E-state index contributed by atoms with van der Waals surface area (Å²) < 4.78 is 1.05. The van der Waals surface area contributed by atoms with Crippen molar-refractivity contribution < 1.29 is 0 Å². The molecule has 1 aromatic carbocycles. The fraction of sp³-hybridized carbons (Fsp3) is 0.533. The molecule has 1 aliphatic carbocycles. The van der Waals surface area contributed by atoms with Crippen LogP contribution in [0.2, 0.25) is 0 Å². The molecule has 96 valence electrons. The molecule has 0 aromatic heterocycles. The highest BCUT2D eigenvalue weighted by molar-refractivity contribution is 9.10. The lowest BCUT2D eigenvalue weighted by Crippen LogP contribution is -2.33. The smallest absolute Gasteiger partial charge is 0.0995 e. The van der Waals surface area contributed by atoms with Gasteiger partial charge in [0.15, 0.2) is 0 Å². The predicted molar refractivity (Wildman–Crippen MR) is 77.2 cm³/mol. The molecule has 1 aliphatic rings. The van der Waals surface area contributed by atoms with Crippen LogP contribution < -0.4 is 0 Å². The Hall–Kier alpha value is -0.850. The molecule has 3 heteroatoms. The lowest BCUT2D eigenvalue weighted by molar-refractivity contribution is 0.184. The third-order valence-corrected chi connectivity index (χ3v) is 4.30. The third-order valence-electron chi connectivity index (χ3n) is 3.81. The second-order valence-electron chi connectivity index (χ2n) is 5.12. The van der Waals surface area contributed by atoms with Crippen molar-refractivity contribution >= 4 is 15.9 Å². The van der Waals surface area contributed by atoms with Crippen molar-refractivity contribution in [1.29, 1.82) is 5.26 Å². The molecule has 1 aromatic rings. The number of nitrogens with zero attached hydrogens (tertiary/aromatic N) is 2. The van der Waals surface area contributed by atoms with Gasteiger partial charge < -0.3 is 0 Å². The van der Waals surface area contributed by atoms with Crippen molar-refractivity contribution in [3.8, 4) is 6.07 Å². The van der Waals surface area contributed by atoms with Crippen molar-refractivity contribution in [3.05, 3.63) is 33.8 Å². The van der Waals surface area contributed by atoms with E-state index in [1.54, 1.807) is 0 Å². The van der Waals surface area contributed by atoms with Gasteiger partial charge in [0, 0.05) is 17.1 Å². The summed E-state index contributed by atoms with van der Waals surface area (Å²) in [5, 5.41) is 9.15. The van der Waals surface area contributed by atoms with Crippen molar-refractivity contribution in [3.63, 3.8) is 0 Å². The van der Waals surface area contributed by atoms with Gasteiger partial charge in [-0.2, -0.15) is 5.26 Å². The predicted octanol–water partition coefficient (Wildman–Crippen LogP) is 4.09. The van der Waals surface area contributed by atoms with E-state index in [1.165, 1.54) is 32.1 Å². The first kappa shape index (κ1) is 13.6. The maximum atomic E-state index is 9.15. The average molecular weight is 307 g/mol. The minimum absolute atomic E-state index is 0.685. The zero-order valence-electron chi connectivity index (χ0n) is 10.8. The van der Waals surface area contributed by atoms with Crippen molar-refractivity contribution in [2.75, 3.05) is 7.05 Å². The van der Waals surface area contributed by atoms with Crippen molar-refractivity contribution in [2.24, 2.45) is 0 Å². The molecular weight excluding hydrogens is 288 g/mol. The van der Waals surface area contributed by atoms with Gasteiger partial charge in [-0.15, -0.1) is 0 Å². The molecular formula is C15H19BrN2. The van der Waals surface area contributed by atoms with Crippen LogP contribution in [0.25, 0.3) is 0 Å². The number of benzene rings is 1. The molecule has 0 amide bonds. The minimum atomic E-state index is 0.685. The zero-order chi connectivity index (χ0) is 13.0. The number of rotatable bonds is 3. The standard InChI is InChI=1S/C15H19BrN2/c1-18(15-5-3-2-4-6-15)11-13-9-14(16)8-7-12(13)10-17/h7-9,15H,2-6,11H2,1H3. The fourth-order valence-electron chi connectivity index (χ4n) is 2.72. The lowest BCUT2D eigenvalue weighted by Gasteiger charge is -2.31. The summed E-state index contributed by atoms with van der Waals surface area (Å²) in [4.78, 5) is 2.40. The van der Waals surface area contributed by atoms with E-state index in [4.69, 9.17) is 5.26 Å². The summed E-state index contributed by atoms with van der Waals surface area (Å²) in [5.74, 6) is 0. The highest BCUT2D eigenvalue weighted by Gasteiger charge is 2.18. The largest absolute Gasteiger partial charge is 0.299 e. The molecule has 18 heavy (non-hydrogen) atoms. The SMILES string of the molecule is CN(Cc1cc(Br)ccc1C#N)C1CCCCC1. The molecule has 0 spiro atoms. The van der Waals surface area contributed by atoms with E-state index in [-0.39, 0.29) is 0 Å². The van der Waals surface area contributed by atoms with Gasteiger partial charge in [-0.3, -0.25) is 4.90 Å². The normalized spacial score (nSPS) is 16.8. The van der Waals surface area contributed by atoms with Crippen LogP contribution in [0, 0.1) is 11.3 Å². The van der Waals surface area contributed by atoms with Crippen molar-refractivity contribution in [1.82, 2.24) is 4.90 Å². The second kappa shape index (κ2) is 6.36. The Morgan fingerprint density at radius 2 is 2.06 bits per heavy atom. The lowest BCUT2D eigenvalue weighted by atomic mass is 9.94. The molecule has 0 saturated heterocycles. The van der Waals surface area contributed by atoms with Crippen LogP contribution >= 0.6 is 15.9 Å². The van der Waals surface area contributed by atoms with Crippen LogP contribution in [-0.2, 0) is 6.54 Å². The van der Waals surface area contributed by atoms with E-state index in [2.05, 4.69) is 40.0 Å². The first-order valence-corrected chi connectivity index (χ1v) is 7.39. The number of hydrogen-bond donors (Lipinski definition) is 0. The van der Waals surface area contributed by atoms with Crippen LogP contribution in [0.5, 0.6) is 0 Å². The van der Waals surface area contributed by atoms with Crippen LogP contribution in [0.4, 0.5) is 0 Å². The molecule has 0 aliphatic heterocycles. The summed E-state index contributed by atoms with van der Waals surface area (Å²) >= 11 is 3.48. The molecule has 1 saturated carbocycles.